The maximum absolute atomic E-state index is 2.43. The van der Waals surface area contributed by atoms with Crippen LogP contribution < -0.4 is 4.90 Å². The second kappa shape index (κ2) is 13.8. The maximum Gasteiger partial charge on any atom is 0.0542 e. The molecule has 0 amide bonds. The summed E-state index contributed by atoms with van der Waals surface area (Å²) in [7, 11) is 0. The van der Waals surface area contributed by atoms with Crippen LogP contribution in [0.4, 0.5) is 17.1 Å². The van der Waals surface area contributed by atoms with Gasteiger partial charge in [-0.1, -0.05) is 121 Å². The third-order valence-electron chi connectivity index (χ3n) is 12.7. The number of nitrogens with zero attached hydrogens (tertiary/aromatic N) is 3. The first-order valence-electron chi connectivity index (χ1n) is 21.2. The first-order chi connectivity index (χ1) is 30.7. The number of aromatic nitrogens is 2. The van der Waals surface area contributed by atoms with Crippen molar-refractivity contribution in [3.05, 3.63) is 224 Å². The van der Waals surface area contributed by atoms with E-state index in [2.05, 4.69) is 238 Å². The van der Waals surface area contributed by atoms with Crippen molar-refractivity contribution in [2.75, 3.05) is 4.90 Å². The Balaban J connectivity index is 0.953. The highest BCUT2D eigenvalue weighted by molar-refractivity contribution is 7.25. The number of fused-ring (bicyclic) bond motifs is 10. The molecule has 290 valence electrons. The molecule has 0 saturated heterocycles. The highest BCUT2D eigenvalue weighted by Crippen LogP contribution is 2.44. The zero-order valence-corrected chi connectivity index (χ0v) is 34.4. The molecule has 0 bridgehead atoms. The third kappa shape index (κ3) is 5.44. The summed E-state index contributed by atoms with van der Waals surface area (Å²) in [6.45, 7) is 0. The quantitative estimate of drug-likeness (QED) is 0.163. The molecule has 0 unspecified atom stereocenters. The molecule has 0 atom stereocenters. The van der Waals surface area contributed by atoms with Crippen LogP contribution in [0.1, 0.15) is 0 Å². The van der Waals surface area contributed by atoms with E-state index in [0.29, 0.717) is 0 Å². The molecule has 0 saturated carbocycles. The number of anilines is 3. The Morgan fingerprint density at radius 1 is 0.290 bits per heavy atom. The summed E-state index contributed by atoms with van der Waals surface area (Å²) in [5, 5.41) is 9.98. The van der Waals surface area contributed by atoms with Gasteiger partial charge in [0.05, 0.1) is 22.1 Å². The highest BCUT2D eigenvalue weighted by atomic mass is 32.1. The molecule has 0 aliphatic carbocycles. The molecule has 13 rings (SSSR count). The van der Waals surface area contributed by atoms with E-state index in [1.165, 1.54) is 91.4 Å². The number of rotatable bonds is 6. The van der Waals surface area contributed by atoms with Gasteiger partial charge in [0.2, 0.25) is 0 Å². The molecular weight excluding hydrogens is 771 g/mol. The van der Waals surface area contributed by atoms with E-state index in [1.54, 1.807) is 0 Å². The van der Waals surface area contributed by atoms with Gasteiger partial charge in [-0.3, -0.25) is 0 Å². The Morgan fingerprint density at radius 2 is 0.790 bits per heavy atom. The van der Waals surface area contributed by atoms with Crippen molar-refractivity contribution in [3.8, 4) is 22.5 Å². The monoisotopic (exact) mass is 807 g/mol. The van der Waals surface area contributed by atoms with Gasteiger partial charge in [-0.15, -0.1) is 11.3 Å². The van der Waals surface area contributed by atoms with Crippen molar-refractivity contribution in [1.82, 2.24) is 9.13 Å². The number of thiophene rings is 1. The fourth-order valence-corrected chi connectivity index (χ4v) is 10.9. The molecule has 10 aromatic carbocycles. The Morgan fingerprint density at radius 3 is 1.50 bits per heavy atom. The van der Waals surface area contributed by atoms with Crippen molar-refractivity contribution in [1.29, 1.82) is 0 Å². The van der Waals surface area contributed by atoms with E-state index >= 15 is 0 Å². The highest BCUT2D eigenvalue weighted by Gasteiger charge is 2.20. The van der Waals surface area contributed by atoms with Crippen LogP contribution in [0.25, 0.3) is 97.1 Å². The van der Waals surface area contributed by atoms with Gasteiger partial charge in [0.15, 0.2) is 0 Å². The lowest BCUT2D eigenvalue weighted by Crippen LogP contribution is -2.10. The fraction of sp³-hybridized carbons (Fsp3) is 0. The van der Waals surface area contributed by atoms with E-state index < -0.39 is 0 Å². The van der Waals surface area contributed by atoms with Gasteiger partial charge in [-0.2, -0.15) is 0 Å². The summed E-state index contributed by atoms with van der Waals surface area (Å²) in [5.41, 5.74) is 13.0. The zero-order valence-electron chi connectivity index (χ0n) is 33.6. The summed E-state index contributed by atoms with van der Waals surface area (Å²) in [5.74, 6) is 0. The molecule has 0 N–H and O–H groups in total. The molecule has 0 fully saturated rings. The molecule has 3 heterocycles. The summed E-state index contributed by atoms with van der Waals surface area (Å²) >= 11 is 1.87. The van der Waals surface area contributed by atoms with Crippen LogP contribution in [-0.2, 0) is 0 Å². The van der Waals surface area contributed by atoms with Crippen molar-refractivity contribution in [3.63, 3.8) is 0 Å². The van der Waals surface area contributed by atoms with Crippen LogP contribution >= 0.6 is 11.3 Å². The molecule has 0 radical (unpaired) electrons. The van der Waals surface area contributed by atoms with Gasteiger partial charge in [0, 0.05) is 70.2 Å². The molecule has 4 heteroatoms. The lowest BCUT2D eigenvalue weighted by molar-refractivity contribution is 1.18. The van der Waals surface area contributed by atoms with Gasteiger partial charge in [-0.25, -0.2) is 0 Å². The van der Waals surface area contributed by atoms with E-state index in [0.717, 1.165) is 22.7 Å². The maximum atomic E-state index is 2.43. The Labute approximate surface area is 362 Å². The summed E-state index contributed by atoms with van der Waals surface area (Å²) in [6.07, 6.45) is 0. The Hall–Kier alpha value is -7.92. The van der Waals surface area contributed by atoms with Crippen molar-refractivity contribution in [2.24, 2.45) is 0 Å². The minimum Gasteiger partial charge on any atom is -0.310 e. The van der Waals surface area contributed by atoms with Crippen LogP contribution in [-0.4, -0.2) is 9.13 Å². The standard InChI is InChI=1S/C58H37N3S/c1-3-15-42(16-4-1)60-53-21-11-9-19-47(53)50-34-40(25-30-55(50)60)41-24-29-49-52-37-46(28-32-57(52)62-58(49)35-41)59(44-26-23-38-13-7-8-14-39(38)33-44)45-27-31-56-51(36-45)48-20-10-12-22-54(48)61(56)43-17-5-2-6-18-43/h1-37H. The van der Waals surface area contributed by atoms with Crippen LogP contribution in [0.15, 0.2) is 224 Å². The molecule has 3 aromatic heterocycles. The summed E-state index contributed by atoms with van der Waals surface area (Å²) in [4.78, 5) is 2.43. The Bertz CT molecular complexity index is 3870. The van der Waals surface area contributed by atoms with E-state index in [1.807, 2.05) is 11.3 Å². The SMILES string of the molecule is c1ccc(-n2c3ccccc3c3cc(-c4ccc5c(c4)sc4ccc(N(c6ccc7ccccc7c6)c6ccc7c(c6)c6ccccc6n7-c6ccccc6)cc45)ccc32)cc1. The zero-order chi connectivity index (χ0) is 40.7. The van der Waals surface area contributed by atoms with Crippen molar-refractivity contribution < 1.29 is 0 Å². The number of benzene rings is 10. The number of hydrogen-bond donors (Lipinski definition) is 0. The average molecular weight is 808 g/mol. The molecule has 0 aliphatic heterocycles. The van der Waals surface area contributed by atoms with Crippen LogP contribution in [0.5, 0.6) is 0 Å². The smallest absolute Gasteiger partial charge is 0.0542 e. The first kappa shape index (κ1) is 34.9. The Kier molecular flexibility index (Phi) is 7.78. The van der Waals surface area contributed by atoms with Crippen molar-refractivity contribution >= 4 is 103 Å². The van der Waals surface area contributed by atoms with Crippen LogP contribution in [0.2, 0.25) is 0 Å². The largest absolute Gasteiger partial charge is 0.310 e. The number of para-hydroxylation sites is 4. The molecular formula is C58H37N3S. The predicted molar refractivity (Wildman–Crippen MR) is 266 cm³/mol. The van der Waals surface area contributed by atoms with Crippen LogP contribution in [0, 0.1) is 0 Å². The van der Waals surface area contributed by atoms with E-state index in [9.17, 15) is 0 Å². The minimum atomic E-state index is 1.12. The molecule has 13 aromatic rings. The average Bonchev–Trinajstić information content (AvgIpc) is 3.99. The molecule has 0 aliphatic rings. The van der Waals surface area contributed by atoms with Gasteiger partial charge in [-0.05, 0) is 125 Å². The van der Waals surface area contributed by atoms with Gasteiger partial charge in [0.1, 0.15) is 0 Å². The normalized spacial score (nSPS) is 11.9. The van der Waals surface area contributed by atoms with Crippen LogP contribution in [0.3, 0.4) is 0 Å². The molecule has 62 heavy (non-hydrogen) atoms. The fourth-order valence-electron chi connectivity index (χ4n) is 9.81. The third-order valence-corrected chi connectivity index (χ3v) is 13.8. The van der Waals surface area contributed by atoms with E-state index in [-0.39, 0.29) is 0 Å². The van der Waals surface area contributed by atoms with Gasteiger partial charge < -0.3 is 14.0 Å². The summed E-state index contributed by atoms with van der Waals surface area (Å²) in [6, 6.07) is 82.2. The van der Waals surface area contributed by atoms with Crippen molar-refractivity contribution in [2.45, 2.75) is 0 Å². The van der Waals surface area contributed by atoms with Gasteiger partial charge >= 0.3 is 0 Å². The second-order valence-corrected chi connectivity index (χ2v) is 17.3. The lowest BCUT2D eigenvalue weighted by Gasteiger charge is -2.26. The molecule has 0 spiro atoms. The lowest BCUT2D eigenvalue weighted by atomic mass is 10.0. The topological polar surface area (TPSA) is 13.1 Å². The van der Waals surface area contributed by atoms with E-state index in [4.69, 9.17) is 0 Å². The minimum absolute atomic E-state index is 1.12. The van der Waals surface area contributed by atoms with Gasteiger partial charge in [0.25, 0.3) is 0 Å². The number of hydrogen-bond acceptors (Lipinski definition) is 2. The predicted octanol–water partition coefficient (Wildman–Crippen LogP) is 16.5. The summed E-state index contributed by atoms with van der Waals surface area (Å²) < 4.78 is 7.33. The first-order valence-corrected chi connectivity index (χ1v) is 22.0. The molecule has 3 nitrogen and oxygen atoms in total. The second-order valence-electron chi connectivity index (χ2n) is 16.2.